The van der Waals surface area contributed by atoms with Crippen LogP contribution in [0.4, 0.5) is 14.5 Å². The first-order valence-corrected chi connectivity index (χ1v) is 6.54. The lowest BCUT2D eigenvalue weighted by Crippen LogP contribution is -2.30. The third-order valence-electron chi connectivity index (χ3n) is 3.33. The third kappa shape index (κ3) is 1.95. The van der Waals surface area contributed by atoms with Gasteiger partial charge >= 0.3 is 0 Å². The molecule has 0 N–H and O–H groups in total. The van der Waals surface area contributed by atoms with Crippen LogP contribution in [0.15, 0.2) is 30.3 Å². The van der Waals surface area contributed by atoms with Gasteiger partial charge in [0.15, 0.2) is 0 Å². The SMILES string of the molecule is COc1cc(N2C(=O)c3cccc(F)c3C2=O)c(F)cc1Cl. The number of amides is 2. The van der Waals surface area contributed by atoms with Crippen LogP contribution in [0.25, 0.3) is 0 Å². The zero-order valence-electron chi connectivity index (χ0n) is 11.2. The van der Waals surface area contributed by atoms with E-state index < -0.39 is 23.4 Å². The highest BCUT2D eigenvalue weighted by molar-refractivity contribution is 6.35. The number of anilines is 1. The van der Waals surface area contributed by atoms with Gasteiger partial charge in [-0.05, 0) is 18.2 Å². The second kappa shape index (κ2) is 5.06. The van der Waals surface area contributed by atoms with Crippen LogP contribution < -0.4 is 9.64 Å². The molecule has 0 atom stereocenters. The molecule has 0 fully saturated rings. The van der Waals surface area contributed by atoms with E-state index in [-0.39, 0.29) is 27.6 Å². The number of fused-ring (bicyclic) bond motifs is 1. The summed E-state index contributed by atoms with van der Waals surface area (Å²) in [5.74, 6) is -3.36. The molecule has 3 rings (SSSR count). The van der Waals surface area contributed by atoms with Crippen molar-refractivity contribution < 1.29 is 23.1 Å². The molecule has 1 aliphatic rings. The number of benzene rings is 2. The van der Waals surface area contributed by atoms with Crippen LogP contribution in [0.5, 0.6) is 5.75 Å². The molecule has 0 aliphatic carbocycles. The van der Waals surface area contributed by atoms with Crippen molar-refractivity contribution in [3.63, 3.8) is 0 Å². The maximum atomic E-state index is 14.1. The molecule has 4 nitrogen and oxygen atoms in total. The van der Waals surface area contributed by atoms with Gasteiger partial charge in [0.1, 0.15) is 17.4 Å². The Morgan fingerprint density at radius 3 is 2.45 bits per heavy atom. The molecule has 112 valence electrons. The first kappa shape index (κ1) is 14.5. The molecule has 1 heterocycles. The Labute approximate surface area is 128 Å². The minimum absolute atomic E-state index is 0.00783. The molecule has 0 bridgehead atoms. The largest absolute Gasteiger partial charge is 0.495 e. The summed E-state index contributed by atoms with van der Waals surface area (Å²) >= 11 is 5.78. The van der Waals surface area contributed by atoms with E-state index in [1.165, 1.54) is 19.2 Å². The zero-order valence-corrected chi connectivity index (χ0v) is 11.9. The van der Waals surface area contributed by atoms with Crippen molar-refractivity contribution in [2.24, 2.45) is 0 Å². The molecule has 7 heteroatoms. The number of rotatable bonds is 2. The molecule has 0 saturated heterocycles. The van der Waals surface area contributed by atoms with E-state index in [2.05, 4.69) is 0 Å². The summed E-state index contributed by atoms with van der Waals surface area (Å²) in [5.41, 5.74) is -0.828. The van der Waals surface area contributed by atoms with Gasteiger partial charge in [-0.25, -0.2) is 13.7 Å². The fourth-order valence-electron chi connectivity index (χ4n) is 2.31. The van der Waals surface area contributed by atoms with Crippen LogP contribution in [0, 0.1) is 11.6 Å². The first-order chi connectivity index (χ1) is 10.5. The maximum Gasteiger partial charge on any atom is 0.269 e. The van der Waals surface area contributed by atoms with Gasteiger partial charge in [0, 0.05) is 6.07 Å². The van der Waals surface area contributed by atoms with Crippen molar-refractivity contribution in [2.75, 3.05) is 12.0 Å². The Morgan fingerprint density at radius 2 is 1.82 bits per heavy atom. The fourth-order valence-corrected chi connectivity index (χ4v) is 2.54. The van der Waals surface area contributed by atoms with E-state index in [1.54, 1.807) is 0 Å². The Morgan fingerprint density at radius 1 is 1.09 bits per heavy atom. The minimum atomic E-state index is -0.929. The van der Waals surface area contributed by atoms with Crippen LogP contribution in [-0.4, -0.2) is 18.9 Å². The summed E-state index contributed by atoms with van der Waals surface area (Å²) in [6.07, 6.45) is 0. The highest BCUT2D eigenvalue weighted by Gasteiger charge is 2.40. The first-order valence-electron chi connectivity index (χ1n) is 6.16. The molecule has 2 amide bonds. The zero-order chi connectivity index (χ0) is 16.0. The van der Waals surface area contributed by atoms with Gasteiger partial charge in [-0.2, -0.15) is 0 Å². The van der Waals surface area contributed by atoms with Gasteiger partial charge < -0.3 is 4.74 Å². The van der Waals surface area contributed by atoms with E-state index in [1.807, 2.05) is 0 Å². The number of hydrogen-bond donors (Lipinski definition) is 0. The lowest BCUT2D eigenvalue weighted by molar-refractivity contribution is 0.0924. The van der Waals surface area contributed by atoms with Crippen LogP contribution in [0.3, 0.4) is 0 Å². The number of hydrogen-bond acceptors (Lipinski definition) is 3. The standard InChI is InChI=1S/C15H8ClF2NO3/c1-22-12-6-11(10(18)5-8(12)16)19-14(20)7-3-2-4-9(17)13(7)15(19)21/h2-6H,1H3. The molecule has 0 saturated carbocycles. The molecular weight excluding hydrogens is 316 g/mol. The van der Waals surface area contributed by atoms with E-state index >= 15 is 0 Å². The Bertz CT molecular complexity index is 823. The fraction of sp³-hybridized carbons (Fsp3) is 0.0667. The Hall–Kier alpha value is -2.47. The van der Waals surface area contributed by atoms with Crippen molar-refractivity contribution in [1.82, 2.24) is 0 Å². The second-order valence-electron chi connectivity index (χ2n) is 4.55. The Balaban J connectivity index is 2.18. The maximum absolute atomic E-state index is 14.1. The Kier molecular flexibility index (Phi) is 3.33. The molecule has 2 aromatic carbocycles. The lowest BCUT2D eigenvalue weighted by Gasteiger charge is -2.16. The second-order valence-corrected chi connectivity index (χ2v) is 4.95. The highest BCUT2D eigenvalue weighted by Crippen LogP contribution is 2.36. The summed E-state index contributed by atoms with van der Waals surface area (Å²) in [6.45, 7) is 0. The predicted molar refractivity (Wildman–Crippen MR) is 75.5 cm³/mol. The van der Waals surface area contributed by atoms with Crippen molar-refractivity contribution in [2.45, 2.75) is 0 Å². The number of methoxy groups -OCH3 is 1. The van der Waals surface area contributed by atoms with Crippen molar-refractivity contribution in [3.05, 3.63) is 58.1 Å². The number of halogens is 3. The van der Waals surface area contributed by atoms with Gasteiger partial charge in [-0.3, -0.25) is 9.59 Å². The van der Waals surface area contributed by atoms with Crippen molar-refractivity contribution in [3.8, 4) is 5.75 Å². The third-order valence-corrected chi connectivity index (χ3v) is 3.62. The quantitative estimate of drug-likeness (QED) is 0.795. The molecule has 1 aliphatic heterocycles. The normalized spacial score (nSPS) is 13.5. The number of ether oxygens (including phenoxy) is 1. The van der Waals surface area contributed by atoms with E-state index in [0.29, 0.717) is 4.90 Å². The summed E-state index contributed by atoms with van der Waals surface area (Å²) in [6, 6.07) is 5.73. The van der Waals surface area contributed by atoms with E-state index in [4.69, 9.17) is 16.3 Å². The average molecular weight is 324 g/mol. The number of carbonyl (C=O) groups excluding carboxylic acids is 2. The topological polar surface area (TPSA) is 46.6 Å². The molecule has 0 spiro atoms. The predicted octanol–water partition coefficient (Wildman–Crippen LogP) is 3.43. The summed E-state index contributed by atoms with van der Waals surface area (Å²) < 4.78 is 32.8. The van der Waals surface area contributed by atoms with Gasteiger partial charge in [0.25, 0.3) is 11.8 Å². The van der Waals surface area contributed by atoms with E-state index in [9.17, 15) is 18.4 Å². The lowest BCUT2D eigenvalue weighted by atomic mass is 10.1. The number of carbonyl (C=O) groups is 2. The van der Waals surface area contributed by atoms with Gasteiger partial charge in [-0.15, -0.1) is 0 Å². The van der Waals surface area contributed by atoms with Crippen molar-refractivity contribution >= 4 is 29.1 Å². The molecule has 2 aromatic rings. The molecular formula is C15H8ClF2NO3. The molecule has 0 radical (unpaired) electrons. The molecule has 0 aromatic heterocycles. The molecule has 22 heavy (non-hydrogen) atoms. The van der Waals surface area contributed by atoms with Gasteiger partial charge in [0.2, 0.25) is 0 Å². The van der Waals surface area contributed by atoms with Gasteiger partial charge in [-0.1, -0.05) is 17.7 Å². The minimum Gasteiger partial charge on any atom is -0.495 e. The highest BCUT2D eigenvalue weighted by atomic mass is 35.5. The monoisotopic (exact) mass is 323 g/mol. The van der Waals surface area contributed by atoms with Gasteiger partial charge in [0.05, 0.1) is 28.9 Å². The molecule has 0 unspecified atom stereocenters. The van der Waals surface area contributed by atoms with Crippen LogP contribution in [0.1, 0.15) is 20.7 Å². The smallest absolute Gasteiger partial charge is 0.269 e. The van der Waals surface area contributed by atoms with Crippen LogP contribution in [0.2, 0.25) is 5.02 Å². The summed E-state index contributed by atoms with van der Waals surface area (Å²) in [5, 5.41) is -0.00783. The average Bonchev–Trinajstić information content (AvgIpc) is 2.73. The van der Waals surface area contributed by atoms with Crippen molar-refractivity contribution in [1.29, 1.82) is 0 Å². The summed E-state index contributed by atoms with van der Waals surface area (Å²) in [7, 11) is 1.31. The number of nitrogens with zero attached hydrogens (tertiary/aromatic N) is 1. The number of imide groups is 1. The van der Waals surface area contributed by atoms with Crippen LogP contribution in [-0.2, 0) is 0 Å². The summed E-state index contributed by atoms with van der Waals surface area (Å²) in [4.78, 5) is 25.2. The van der Waals surface area contributed by atoms with E-state index in [0.717, 1.165) is 18.2 Å². The van der Waals surface area contributed by atoms with Crippen LogP contribution >= 0.6 is 11.6 Å².